The zero-order chi connectivity index (χ0) is 25.2. The van der Waals surface area contributed by atoms with E-state index in [4.69, 9.17) is 11.6 Å². The van der Waals surface area contributed by atoms with Gasteiger partial charge in [-0.1, -0.05) is 11.6 Å². The maximum Gasteiger partial charge on any atom is 0.416 e. The van der Waals surface area contributed by atoms with Gasteiger partial charge in [0.25, 0.3) is 17.7 Å². The van der Waals surface area contributed by atoms with Crippen molar-refractivity contribution in [1.82, 2.24) is 5.32 Å². The standard InChI is InChI=1S/C23H11ClF5N3O3/c24-14-2-1-10(25)6-12(14)18-16-15(7-13-19(31-21(13)34)17(16)22(35)32-18)30-20(33)8-3-9(23(27,28)29)5-11(26)4-8/h1-7,18H,(H,30,33)(H,31,34)(H,32,35). The molecule has 3 aromatic rings. The lowest BCUT2D eigenvalue weighted by molar-refractivity contribution is -0.137. The Hall–Kier alpha value is -3.99. The molecule has 0 saturated heterocycles. The van der Waals surface area contributed by atoms with Crippen LogP contribution in [-0.2, 0) is 6.18 Å². The Morgan fingerprint density at radius 3 is 2.40 bits per heavy atom. The molecule has 2 heterocycles. The van der Waals surface area contributed by atoms with Crippen molar-refractivity contribution in [2.45, 2.75) is 12.2 Å². The summed E-state index contributed by atoms with van der Waals surface area (Å²) in [5.41, 5.74) is -1.65. The minimum atomic E-state index is -4.90. The topological polar surface area (TPSA) is 87.3 Å². The Morgan fingerprint density at radius 2 is 1.71 bits per heavy atom. The van der Waals surface area contributed by atoms with Gasteiger partial charge in [0.05, 0.1) is 28.4 Å². The zero-order valence-electron chi connectivity index (χ0n) is 17.1. The molecule has 6 nitrogen and oxygen atoms in total. The van der Waals surface area contributed by atoms with E-state index in [1.807, 2.05) is 0 Å². The number of amides is 3. The molecule has 1 atom stereocenters. The van der Waals surface area contributed by atoms with Crippen molar-refractivity contribution in [3.05, 3.63) is 92.5 Å². The molecule has 1 unspecified atom stereocenters. The number of benzene rings is 3. The van der Waals surface area contributed by atoms with E-state index >= 15 is 0 Å². The number of hydrogen-bond acceptors (Lipinski definition) is 3. The van der Waals surface area contributed by atoms with Crippen LogP contribution < -0.4 is 16.0 Å². The fourth-order valence-electron chi connectivity index (χ4n) is 4.09. The third kappa shape index (κ3) is 3.77. The summed E-state index contributed by atoms with van der Waals surface area (Å²) in [6.45, 7) is 0. The van der Waals surface area contributed by atoms with E-state index in [9.17, 15) is 36.3 Å². The second-order valence-corrected chi connectivity index (χ2v) is 8.25. The lowest BCUT2D eigenvalue weighted by Gasteiger charge is -2.25. The van der Waals surface area contributed by atoms with Gasteiger partial charge < -0.3 is 16.0 Å². The lowest BCUT2D eigenvalue weighted by atomic mass is 9.90. The first kappa shape index (κ1) is 22.8. The van der Waals surface area contributed by atoms with Gasteiger partial charge in [-0.25, -0.2) is 8.78 Å². The summed E-state index contributed by atoms with van der Waals surface area (Å²) in [7, 11) is 0. The van der Waals surface area contributed by atoms with Crippen LogP contribution in [0.3, 0.4) is 0 Å². The van der Waals surface area contributed by atoms with Gasteiger partial charge in [-0.2, -0.15) is 13.2 Å². The number of alkyl halides is 3. The van der Waals surface area contributed by atoms with E-state index in [1.54, 1.807) is 0 Å². The molecule has 2 aliphatic heterocycles. The molecule has 5 rings (SSSR count). The first-order valence-electron chi connectivity index (χ1n) is 9.91. The van der Waals surface area contributed by atoms with Crippen molar-refractivity contribution in [2.75, 3.05) is 10.6 Å². The van der Waals surface area contributed by atoms with Crippen LogP contribution in [0.15, 0.2) is 42.5 Å². The van der Waals surface area contributed by atoms with Crippen LogP contribution in [0.25, 0.3) is 0 Å². The second-order valence-electron chi connectivity index (χ2n) is 7.84. The van der Waals surface area contributed by atoms with Crippen LogP contribution in [-0.4, -0.2) is 17.7 Å². The molecule has 0 aromatic heterocycles. The Bertz CT molecular complexity index is 1470. The summed E-state index contributed by atoms with van der Waals surface area (Å²) >= 11 is 6.21. The third-order valence-corrected chi connectivity index (χ3v) is 5.99. The molecule has 35 heavy (non-hydrogen) atoms. The maximum atomic E-state index is 14.0. The molecular weight excluding hydrogens is 497 g/mol. The van der Waals surface area contributed by atoms with Crippen molar-refractivity contribution in [3.8, 4) is 0 Å². The summed E-state index contributed by atoms with van der Waals surface area (Å²) in [5.74, 6) is -4.27. The fourth-order valence-corrected chi connectivity index (χ4v) is 4.31. The molecule has 0 spiro atoms. The zero-order valence-corrected chi connectivity index (χ0v) is 17.9. The van der Waals surface area contributed by atoms with Crippen molar-refractivity contribution in [1.29, 1.82) is 0 Å². The van der Waals surface area contributed by atoms with Gasteiger partial charge in [0.1, 0.15) is 11.6 Å². The second kappa shape index (κ2) is 7.77. The van der Waals surface area contributed by atoms with Gasteiger partial charge >= 0.3 is 6.18 Å². The number of fused-ring (bicyclic) bond motifs is 3. The molecule has 3 aromatic carbocycles. The Kier molecular flexibility index (Phi) is 5.06. The van der Waals surface area contributed by atoms with Crippen LogP contribution in [0.1, 0.15) is 53.8 Å². The molecule has 12 heteroatoms. The summed E-state index contributed by atoms with van der Waals surface area (Å²) < 4.78 is 67.1. The number of anilines is 2. The van der Waals surface area contributed by atoms with E-state index in [0.717, 1.165) is 12.1 Å². The van der Waals surface area contributed by atoms with Crippen LogP contribution in [0.5, 0.6) is 0 Å². The Labute approximate surface area is 198 Å². The predicted octanol–water partition coefficient (Wildman–Crippen LogP) is 5.29. The lowest BCUT2D eigenvalue weighted by Crippen LogP contribution is -2.28. The highest BCUT2D eigenvalue weighted by Crippen LogP contribution is 2.46. The van der Waals surface area contributed by atoms with Crippen molar-refractivity contribution >= 4 is 40.7 Å². The first-order valence-corrected chi connectivity index (χ1v) is 10.3. The molecule has 0 saturated carbocycles. The molecule has 3 amide bonds. The normalized spacial score (nSPS) is 16.1. The van der Waals surface area contributed by atoms with Gasteiger partial charge in [0.2, 0.25) is 0 Å². The summed E-state index contributed by atoms with van der Waals surface area (Å²) in [4.78, 5) is 37.6. The summed E-state index contributed by atoms with van der Waals surface area (Å²) in [6.07, 6.45) is -4.90. The molecule has 2 aliphatic rings. The number of carbonyl (C=O) groups is 3. The number of halogens is 6. The molecule has 0 radical (unpaired) electrons. The highest BCUT2D eigenvalue weighted by molar-refractivity contribution is 6.31. The van der Waals surface area contributed by atoms with E-state index in [2.05, 4.69) is 16.0 Å². The van der Waals surface area contributed by atoms with Crippen LogP contribution in [0.2, 0.25) is 5.02 Å². The predicted molar refractivity (Wildman–Crippen MR) is 114 cm³/mol. The average Bonchev–Trinajstić information content (AvgIpc) is 3.11. The van der Waals surface area contributed by atoms with Crippen LogP contribution in [0.4, 0.5) is 33.3 Å². The highest BCUT2D eigenvalue weighted by Gasteiger charge is 2.41. The first-order chi connectivity index (χ1) is 16.4. The van der Waals surface area contributed by atoms with E-state index in [1.165, 1.54) is 12.1 Å². The van der Waals surface area contributed by atoms with E-state index in [0.29, 0.717) is 12.1 Å². The SMILES string of the molecule is O=C(Nc1cc2c(c3c1C(c1cc(F)ccc1Cl)NC3=O)NC2=O)c1cc(F)cc(C(F)(F)F)c1. The minimum absolute atomic E-state index is 0.0158. The van der Waals surface area contributed by atoms with Gasteiger partial charge in [0, 0.05) is 27.4 Å². The summed E-state index contributed by atoms with van der Waals surface area (Å²) in [5, 5.41) is 7.53. The average molecular weight is 508 g/mol. The van der Waals surface area contributed by atoms with Crippen molar-refractivity contribution in [3.63, 3.8) is 0 Å². The molecule has 0 aliphatic carbocycles. The van der Waals surface area contributed by atoms with Crippen LogP contribution >= 0.6 is 11.6 Å². The van der Waals surface area contributed by atoms with Gasteiger partial charge in [-0.3, -0.25) is 14.4 Å². The quantitative estimate of drug-likeness (QED) is 0.421. The Balaban J connectivity index is 1.63. The number of hydrogen-bond donors (Lipinski definition) is 3. The van der Waals surface area contributed by atoms with E-state index in [-0.39, 0.29) is 44.7 Å². The molecule has 0 fully saturated rings. The highest BCUT2D eigenvalue weighted by atomic mass is 35.5. The monoisotopic (exact) mass is 507 g/mol. The van der Waals surface area contributed by atoms with E-state index < -0.39 is 52.7 Å². The number of rotatable bonds is 3. The Morgan fingerprint density at radius 1 is 0.971 bits per heavy atom. The van der Waals surface area contributed by atoms with Gasteiger partial charge in [0.15, 0.2) is 0 Å². The maximum absolute atomic E-state index is 14.0. The summed E-state index contributed by atoms with van der Waals surface area (Å²) in [6, 6.07) is 4.95. The largest absolute Gasteiger partial charge is 0.416 e. The smallest absolute Gasteiger partial charge is 0.341 e. The number of carbonyl (C=O) groups excluding carboxylic acids is 3. The number of nitrogens with one attached hydrogen (secondary N) is 3. The molecule has 178 valence electrons. The minimum Gasteiger partial charge on any atom is -0.341 e. The van der Waals surface area contributed by atoms with Gasteiger partial charge in [-0.05, 0) is 42.5 Å². The van der Waals surface area contributed by atoms with Crippen LogP contribution in [0, 0.1) is 11.6 Å². The molecule has 3 N–H and O–H groups in total. The molecule has 0 bridgehead atoms. The third-order valence-electron chi connectivity index (χ3n) is 5.65. The van der Waals surface area contributed by atoms with Crippen molar-refractivity contribution < 1.29 is 36.3 Å². The van der Waals surface area contributed by atoms with Crippen molar-refractivity contribution in [2.24, 2.45) is 0 Å². The van der Waals surface area contributed by atoms with Gasteiger partial charge in [-0.15, -0.1) is 0 Å². The fraction of sp³-hybridized carbons (Fsp3) is 0.0870. The molecular formula is C23H11ClF5N3O3.